The van der Waals surface area contributed by atoms with Crippen LogP contribution in [0.4, 0.5) is 4.79 Å². The fraction of sp³-hybridized carbons (Fsp3) is 0.786. The highest BCUT2D eigenvalue weighted by molar-refractivity contribution is 5.83. The molecule has 21 heavy (non-hydrogen) atoms. The van der Waals surface area contributed by atoms with Crippen molar-refractivity contribution in [1.29, 1.82) is 0 Å². The van der Waals surface area contributed by atoms with Crippen LogP contribution in [0.15, 0.2) is 0 Å². The Morgan fingerprint density at radius 2 is 2.05 bits per heavy atom. The van der Waals surface area contributed by atoms with E-state index in [2.05, 4.69) is 10.6 Å². The van der Waals surface area contributed by atoms with E-state index in [1.807, 2.05) is 0 Å². The van der Waals surface area contributed by atoms with Crippen molar-refractivity contribution in [2.45, 2.75) is 38.6 Å². The van der Waals surface area contributed by atoms with Gasteiger partial charge in [-0.3, -0.25) is 9.59 Å². The Morgan fingerprint density at radius 3 is 2.62 bits per heavy atom. The van der Waals surface area contributed by atoms with Crippen LogP contribution in [0.5, 0.6) is 0 Å². The second-order valence-electron chi connectivity index (χ2n) is 5.51. The zero-order chi connectivity index (χ0) is 15.2. The predicted octanol–water partition coefficient (Wildman–Crippen LogP) is 0.250. The normalized spacial score (nSPS) is 23.4. The van der Waals surface area contributed by atoms with Crippen LogP contribution in [-0.4, -0.2) is 55.1 Å². The number of ether oxygens (including phenoxy) is 1. The molecule has 2 fully saturated rings. The van der Waals surface area contributed by atoms with Crippen molar-refractivity contribution in [3.63, 3.8) is 0 Å². The van der Waals surface area contributed by atoms with Gasteiger partial charge in [-0.1, -0.05) is 0 Å². The van der Waals surface area contributed by atoms with E-state index < -0.39 is 0 Å². The lowest BCUT2D eigenvalue weighted by molar-refractivity contribution is -0.129. The van der Waals surface area contributed by atoms with Gasteiger partial charge in [-0.25, -0.2) is 4.79 Å². The highest BCUT2D eigenvalue weighted by Crippen LogP contribution is 2.15. The summed E-state index contributed by atoms with van der Waals surface area (Å²) in [5.41, 5.74) is 0. The van der Waals surface area contributed by atoms with Gasteiger partial charge in [0.15, 0.2) is 0 Å². The molecule has 2 N–H and O–H groups in total. The summed E-state index contributed by atoms with van der Waals surface area (Å²) in [7, 11) is 0. The van der Waals surface area contributed by atoms with Gasteiger partial charge < -0.3 is 20.3 Å². The van der Waals surface area contributed by atoms with Crippen LogP contribution in [0.3, 0.4) is 0 Å². The van der Waals surface area contributed by atoms with Crippen LogP contribution in [0.1, 0.15) is 32.6 Å². The maximum absolute atomic E-state index is 12.1. The number of carbonyl (C=O) groups is 3. The summed E-state index contributed by atoms with van der Waals surface area (Å²) < 4.78 is 4.96. The zero-order valence-electron chi connectivity index (χ0n) is 12.4. The average Bonchev–Trinajstić information content (AvgIpc) is 2.49. The lowest BCUT2D eigenvalue weighted by Gasteiger charge is -2.32. The van der Waals surface area contributed by atoms with Crippen LogP contribution >= 0.6 is 0 Å². The maximum atomic E-state index is 12.1. The molecule has 7 heteroatoms. The number of carbonyl (C=O) groups excluding carboxylic acids is 3. The first-order valence-corrected chi connectivity index (χ1v) is 7.59. The molecule has 2 aliphatic heterocycles. The van der Waals surface area contributed by atoms with Gasteiger partial charge in [-0.2, -0.15) is 0 Å². The molecule has 3 amide bonds. The van der Waals surface area contributed by atoms with E-state index in [-0.39, 0.29) is 29.9 Å². The van der Waals surface area contributed by atoms with Crippen molar-refractivity contribution in [3.05, 3.63) is 0 Å². The topological polar surface area (TPSA) is 87.7 Å². The van der Waals surface area contributed by atoms with Gasteiger partial charge in [0.25, 0.3) is 0 Å². The fourth-order valence-corrected chi connectivity index (χ4v) is 2.70. The first-order chi connectivity index (χ1) is 10.1. The summed E-state index contributed by atoms with van der Waals surface area (Å²) in [6, 6.07) is 0.0980. The number of amides is 3. The number of rotatable bonds is 3. The highest BCUT2D eigenvalue weighted by Gasteiger charge is 2.28. The molecule has 0 saturated carbocycles. The van der Waals surface area contributed by atoms with Gasteiger partial charge in [0.1, 0.15) is 0 Å². The standard InChI is InChI=1S/C14H23N3O4/c1-2-21-14(20)17-7-5-11(6-8-17)16-13(19)10-3-4-12(18)15-9-10/h10-11H,2-9H2,1H3,(H,15,18)(H,16,19). The van der Waals surface area contributed by atoms with Crippen LogP contribution in [0.2, 0.25) is 0 Å². The summed E-state index contributed by atoms with van der Waals surface area (Å²) >= 11 is 0. The van der Waals surface area contributed by atoms with Gasteiger partial charge in [0, 0.05) is 32.1 Å². The van der Waals surface area contributed by atoms with Gasteiger partial charge in [0.05, 0.1) is 12.5 Å². The molecule has 2 saturated heterocycles. The minimum absolute atomic E-state index is 0.00425. The van der Waals surface area contributed by atoms with E-state index in [9.17, 15) is 14.4 Å². The second kappa shape index (κ2) is 7.28. The molecule has 1 unspecified atom stereocenters. The number of nitrogens with zero attached hydrogens (tertiary/aromatic N) is 1. The Hall–Kier alpha value is -1.79. The van der Waals surface area contributed by atoms with Crippen molar-refractivity contribution in [1.82, 2.24) is 15.5 Å². The predicted molar refractivity (Wildman–Crippen MR) is 75.5 cm³/mol. The molecule has 7 nitrogen and oxygen atoms in total. The van der Waals surface area contributed by atoms with Gasteiger partial charge in [-0.05, 0) is 26.2 Å². The van der Waals surface area contributed by atoms with Crippen LogP contribution in [-0.2, 0) is 14.3 Å². The molecule has 0 aliphatic carbocycles. The number of nitrogens with one attached hydrogen (secondary N) is 2. The lowest BCUT2D eigenvalue weighted by Crippen LogP contribution is -2.50. The van der Waals surface area contributed by atoms with E-state index in [0.29, 0.717) is 39.1 Å². The average molecular weight is 297 g/mol. The van der Waals surface area contributed by atoms with E-state index >= 15 is 0 Å². The molecule has 0 aromatic rings. The Kier molecular flexibility index (Phi) is 5.41. The smallest absolute Gasteiger partial charge is 0.409 e. The Morgan fingerprint density at radius 1 is 1.33 bits per heavy atom. The minimum atomic E-state index is -0.280. The van der Waals surface area contributed by atoms with E-state index in [4.69, 9.17) is 4.74 Å². The number of hydrogen-bond acceptors (Lipinski definition) is 4. The molecule has 0 aromatic heterocycles. The fourth-order valence-electron chi connectivity index (χ4n) is 2.70. The minimum Gasteiger partial charge on any atom is -0.450 e. The molecule has 2 aliphatic rings. The van der Waals surface area contributed by atoms with Crippen LogP contribution < -0.4 is 10.6 Å². The first-order valence-electron chi connectivity index (χ1n) is 7.59. The molecule has 118 valence electrons. The lowest BCUT2D eigenvalue weighted by atomic mass is 9.97. The molecular formula is C14H23N3O4. The molecule has 0 bridgehead atoms. The third-order valence-corrected chi connectivity index (χ3v) is 4.00. The molecule has 1 atom stereocenters. The molecular weight excluding hydrogens is 274 g/mol. The summed E-state index contributed by atoms with van der Waals surface area (Å²) in [5, 5.41) is 5.74. The van der Waals surface area contributed by atoms with Gasteiger partial charge in [0.2, 0.25) is 11.8 Å². The third-order valence-electron chi connectivity index (χ3n) is 4.00. The zero-order valence-corrected chi connectivity index (χ0v) is 12.4. The van der Waals surface area contributed by atoms with E-state index in [0.717, 1.165) is 12.8 Å². The van der Waals surface area contributed by atoms with Gasteiger partial charge in [-0.15, -0.1) is 0 Å². The Bertz CT molecular complexity index is 395. The van der Waals surface area contributed by atoms with Crippen molar-refractivity contribution in [3.8, 4) is 0 Å². The van der Waals surface area contributed by atoms with Crippen LogP contribution in [0.25, 0.3) is 0 Å². The number of hydrogen-bond donors (Lipinski definition) is 2. The summed E-state index contributed by atoms with van der Waals surface area (Å²) in [4.78, 5) is 36.5. The van der Waals surface area contributed by atoms with Crippen molar-refractivity contribution >= 4 is 17.9 Å². The summed E-state index contributed by atoms with van der Waals surface area (Å²) in [6.45, 7) is 3.79. The van der Waals surface area contributed by atoms with E-state index in [1.165, 1.54) is 0 Å². The molecule has 0 radical (unpaired) electrons. The Labute approximate surface area is 124 Å². The van der Waals surface area contributed by atoms with Crippen molar-refractivity contribution < 1.29 is 19.1 Å². The van der Waals surface area contributed by atoms with Crippen molar-refractivity contribution in [2.24, 2.45) is 5.92 Å². The van der Waals surface area contributed by atoms with Crippen molar-refractivity contribution in [2.75, 3.05) is 26.2 Å². The largest absolute Gasteiger partial charge is 0.450 e. The maximum Gasteiger partial charge on any atom is 0.409 e. The molecule has 0 spiro atoms. The first kappa shape index (κ1) is 15.6. The molecule has 0 aromatic carbocycles. The molecule has 2 heterocycles. The quantitative estimate of drug-likeness (QED) is 0.781. The molecule has 2 rings (SSSR count). The monoisotopic (exact) mass is 297 g/mol. The Balaban J connectivity index is 1.72. The SMILES string of the molecule is CCOC(=O)N1CCC(NC(=O)C2CCC(=O)NC2)CC1. The van der Waals surface area contributed by atoms with E-state index in [1.54, 1.807) is 11.8 Å². The number of piperidine rings is 2. The summed E-state index contributed by atoms with van der Waals surface area (Å²) in [5.74, 6) is -0.114. The third kappa shape index (κ3) is 4.34. The van der Waals surface area contributed by atoms with Gasteiger partial charge >= 0.3 is 6.09 Å². The van der Waals surface area contributed by atoms with Crippen LogP contribution in [0, 0.1) is 5.92 Å². The summed E-state index contributed by atoms with van der Waals surface area (Å²) in [6.07, 6.45) is 2.23. The highest BCUT2D eigenvalue weighted by atomic mass is 16.6. The second-order valence-corrected chi connectivity index (χ2v) is 5.51. The number of likely N-dealkylation sites (tertiary alicyclic amines) is 1.